The van der Waals surface area contributed by atoms with E-state index in [4.69, 9.17) is 19.6 Å². The number of carbonyl (C=O) groups is 2. The van der Waals surface area contributed by atoms with Crippen molar-refractivity contribution in [3.63, 3.8) is 0 Å². The molecule has 1 N–H and O–H groups in total. The van der Waals surface area contributed by atoms with Crippen molar-refractivity contribution < 1.29 is 24.2 Å². The summed E-state index contributed by atoms with van der Waals surface area (Å²) in [6.45, 7) is 8.08. The lowest BCUT2D eigenvalue weighted by Gasteiger charge is -2.39. The highest BCUT2D eigenvalue weighted by Crippen LogP contribution is 2.45. The number of nitrogens with zero attached hydrogens (tertiary/aromatic N) is 2. The molecule has 2 unspecified atom stereocenters. The first-order valence-corrected chi connectivity index (χ1v) is 18.3. The van der Waals surface area contributed by atoms with Crippen molar-refractivity contribution in [3.8, 4) is 0 Å². The van der Waals surface area contributed by atoms with Crippen molar-refractivity contribution in [3.05, 3.63) is 74.9 Å². The van der Waals surface area contributed by atoms with E-state index in [-0.39, 0.29) is 30.4 Å². The van der Waals surface area contributed by atoms with Gasteiger partial charge in [-0.25, -0.2) is 0 Å². The summed E-state index contributed by atoms with van der Waals surface area (Å²) in [5, 5.41) is 8.87. The van der Waals surface area contributed by atoms with Gasteiger partial charge in [-0.2, -0.15) is 0 Å². The number of rotatable bonds is 9. The Morgan fingerprint density at radius 3 is 2.67 bits per heavy atom. The predicted octanol–water partition coefficient (Wildman–Crippen LogP) is 6.84. The van der Waals surface area contributed by atoms with Crippen molar-refractivity contribution in [2.24, 2.45) is 10.9 Å². The molecule has 3 heterocycles. The van der Waals surface area contributed by atoms with Crippen molar-refractivity contribution in [1.29, 1.82) is 0 Å². The molecule has 7 nitrogen and oxygen atoms in total. The van der Waals surface area contributed by atoms with E-state index < -0.39 is 0 Å². The molecule has 0 radical (unpaired) electrons. The molecule has 2 aromatic rings. The van der Waals surface area contributed by atoms with E-state index in [0.29, 0.717) is 39.0 Å². The summed E-state index contributed by atoms with van der Waals surface area (Å²) in [5.74, 6) is 0.233. The van der Waals surface area contributed by atoms with Gasteiger partial charge in [-0.15, -0.1) is 0 Å². The smallest absolute Gasteiger partial charge is 0.306 e. The van der Waals surface area contributed by atoms with Gasteiger partial charge in [0, 0.05) is 55.4 Å². The number of ketones is 1. The SMILES string of the molecule is CC1=C2CCCC(OC(=O)CCCOCCO)CCC2C(c2cccc(C3=C(C)c4cc5c6c(c4CC3=O)CCCN6CCC5)c2)=NC1. The maximum Gasteiger partial charge on any atom is 0.306 e. The third-order valence-electron chi connectivity index (χ3n) is 11.2. The van der Waals surface area contributed by atoms with Crippen LogP contribution in [-0.2, 0) is 38.3 Å². The minimum atomic E-state index is -0.171. The summed E-state index contributed by atoms with van der Waals surface area (Å²) in [6, 6.07) is 11.0. The number of esters is 1. The van der Waals surface area contributed by atoms with Gasteiger partial charge in [-0.05, 0) is 129 Å². The van der Waals surface area contributed by atoms with E-state index in [9.17, 15) is 9.59 Å². The molecule has 7 rings (SSSR count). The molecular weight excluding hydrogens is 600 g/mol. The molecule has 0 spiro atoms. The quantitative estimate of drug-likeness (QED) is 0.182. The second kappa shape index (κ2) is 14.5. The number of hydrogen-bond acceptors (Lipinski definition) is 7. The third-order valence-corrected chi connectivity index (χ3v) is 11.2. The number of benzene rings is 2. The number of ether oxygens (including phenoxy) is 2. The zero-order chi connectivity index (χ0) is 33.2. The molecule has 5 aliphatic rings. The van der Waals surface area contributed by atoms with Gasteiger partial charge >= 0.3 is 5.97 Å². The predicted molar refractivity (Wildman–Crippen MR) is 191 cm³/mol. The molecule has 7 heteroatoms. The van der Waals surface area contributed by atoms with Crippen molar-refractivity contribution in [1.82, 2.24) is 0 Å². The second-order valence-corrected chi connectivity index (χ2v) is 14.3. The zero-order valence-electron chi connectivity index (χ0n) is 28.7. The first kappa shape index (κ1) is 33.0. The monoisotopic (exact) mass is 650 g/mol. The van der Waals surface area contributed by atoms with Crippen LogP contribution in [0.4, 0.5) is 5.69 Å². The molecular formula is C41H50N2O5. The number of hydrogen-bond donors (Lipinski definition) is 1. The minimum Gasteiger partial charge on any atom is -0.462 e. The van der Waals surface area contributed by atoms with Crippen LogP contribution in [0.1, 0.15) is 105 Å². The molecule has 48 heavy (non-hydrogen) atoms. The molecule has 1 fully saturated rings. The van der Waals surface area contributed by atoms with Gasteiger partial charge in [-0.1, -0.05) is 29.3 Å². The Labute approximate surface area is 285 Å². The van der Waals surface area contributed by atoms with Crippen LogP contribution >= 0.6 is 0 Å². The van der Waals surface area contributed by atoms with Crippen molar-refractivity contribution >= 4 is 34.3 Å². The van der Waals surface area contributed by atoms with Gasteiger partial charge in [-0.3, -0.25) is 14.6 Å². The Bertz CT molecular complexity index is 1680. The normalized spacial score (nSPS) is 22.4. The number of aliphatic imine (C=N–C) groups is 1. The number of aryl methyl sites for hydroxylation is 1. The van der Waals surface area contributed by atoms with E-state index in [2.05, 4.69) is 49.1 Å². The molecule has 2 atom stereocenters. The fraction of sp³-hybridized carbons (Fsp3) is 0.537. The molecule has 0 amide bonds. The topological polar surface area (TPSA) is 88.4 Å². The molecule has 254 valence electrons. The van der Waals surface area contributed by atoms with E-state index in [0.717, 1.165) is 86.0 Å². The van der Waals surface area contributed by atoms with Crippen LogP contribution in [0.15, 0.2) is 46.5 Å². The van der Waals surface area contributed by atoms with Crippen LogP contribution in [0, 0.1) is 5.92 Å². The van der Waals surface area contributed by atoms with Crippen molar-refractivity contribution in [2.45, 2.75) is 97.0 Å². The largest absolute Gasteiger partial charge is 0.462 e. The van der Waals surface area contributed by atoms with E-state index >= 15 is 0 Å². The molecule has 0 saturated heterocycles. The zero-order valence-corrected chi connectivity index (χ0v) is 28.7. The Hall–Kier alpha value is -3.55. The summed E-state index contributed by atoms with van der Waals surface area (Å²) < 4.78 is 11.2. The number of carbonyl (C=O) groups excluding carboxylic acids is 2. The first-order valence-electron chi connectivity index (χ1n) is 18.3. The van der Waals surface area contributed by atoms with Crippen LogP contribution in [-0.4, -0.2) is 68.1 Å². The number of anilines is 1. The van der Waals surface area contributed by atoms with E-state index in [1.807, 2.05) is 0 Å². The molecule has 3 aliphatic heterocycles. The Morgan fingerprint density at radius 1 is 0.979 bits per heavy atom. The molecule has 0 bridgehead atoms. The summed E-state index contributed by atoms with van der Waals surface area (Å²) in [7, 11) is 0. The van der Waals surface area contributed by atoms with Crippen LogP contribution in [0.2, 0.25) is 0 Å². The average molecular weight is 651 g/mol. The summed E-state index contributed by atoms with van der Waals surface area (Å²) in [6.07, 6.45) is 10.4. The van der Waals surface area contributed by atoms with Gasteiger partial charge in [0.05, 0.1) is 19.8 Å². The van der Waals surface area contributed by atoms with Gasteiger partial charge in [0.15, 0.2) is 5.78 Å². The van der Waals surface area contributed by atoms with Gasteiger partial charge in [0.25, 0.3) is 0 Å². The maximum atomic E-state index is 14.0. The molecule has 2 aromatic carbocycles. The summed E-state index contributed by atoms with van der Waals surface area (Å²) >= 11 is 0. The van der Waals surface area contributed by atoms with Gasteiger partial charge < -0.3 is 19.5 Å². The number of fused-ring (bicyclic) bond motifs is 3. The van der Waals surface area contributed by atoms with Crippen molar-refractivity contribution in [2.75, 3.05) is 44.4 Å². The molecule has 1 saturated carbocycles. The summed E-state index contributed by atoms with van der Waals surface area (Å²) in [4.78, 5) is 34.3. The number of allylic oxidation sites excluding steroid dienone is 3. The maximum absolute atomic E-state index is 14.0. The average Bonchev–Trinajstić information content (AvgIpc) is 3.07. The van der Waals surface area contributed by atoms with Crippen LogP contribution in [0.25, 0.3) is 11.1 Å². The van der Waals surface area contributed by atoms with E-state index in [1.165, 1.54) is 51.9 Å². The lowest BCUT2D eigenvalue weighted by Crippen LogP contribution is -2.35. The van der Waals surface area contributed by atoms with Crippen LogP contribution < -0.4 is 4.90 Å². The fourth-order valence-electron chi connectivity index (χ4n) is 9.00. The lowest BCUT2D eigenvalue weighted by atomic mass is 9.75. The highest BCUT2D eigenvalue weighted by Gasteiger charge is 2.34. The van der Waals surface area contributed by atoms with Gasteiger partial charge in [0.1, 0.15) is 6.10 Å². The number of aliphatic hydroxyl groups excluding tert-OH is 1. The fourth-order valence-corrected chi connectivity index (χ4v) is 9.00. The number of dihydropyridines is 1. The van der Waals surface area contributed by atoms with Crippen LogP contribution in [0.5, 0.6) is 0 Å². The molecule has 2 aliphatic carbocycles. The Balaban J connectivity index is 1.12. The summed E-state index contributed by atoms with van der Waals surface area (Å²) in [5.41, 5.74) is 14.9. The molecule has 0 aromatic heterocycles. The van der Waals surface area contributed by atoms with Crippen LogP contribution in [0.3, 0.4) is 0 Å². The lowest BCUT2D eigenvalue weighted by molar-refractivity contribution is -0.150. The number of Topliss-reactive ketones (excluding diaryl/α,β-unsaturated/α-hetero) is 1. The highest BCUT2D eigenvalue weighted by molar-refractivity contribution is 6.30. The number of aliphatic hydroxyl groups is 1. The Morgan fingerprint density at radius 2 is 1.81 bits per heavy atom. The first-order chi connectivity index (χ1) is 23.4. The minimum absolute atomic E-state index is 0.00932. The highest BCUT2D eigenvalue weighted by atomic mass is 16.5. The van der Waals surface area contributed by atoms with E-state index in [1.54, 1.807) is 0 Å². The van der Waals surface area contributed by atoms with Gasteiger partial charge in [0.2, 0.25) is 0 Å². The third kappa shape index (κ3) is 6.56. The second-order valence-electron chi connectivity index (χ2n) is 14.3. The standard InChI is InChI=1S/C41H50N2O5/c1-26-25-42-40(33-16-15-31(11-4-12-32(26)33)48-38(46)14-7-20-47-21-19-44)29-9-3-8-28(22-29)39-27(2)35-23-30-10-5-17-43-18-6-13-34(41(30)43)36(35)24-37(39)45/h3,8-9,22-23,31,33,44H,4-7,10-21,24-25H2,1-2H3. The Kier molecular flexibility index (Phi) is 9.97.